The van der Waals surface area contributed by atoms with Crippen LogP contribution in [0.4, 0.5) is 0 Å². The first-order valence-electron chi connectivity index (χ1n) is 5.42. The molecule has 0 bridgehead atoms. The Labute approximate surface area is 106 Å². The molecule has 0 radical (unpaired) electrons. The maximum atomic E-state index is 9.55. The Kier molecular flexibility index (Phi) is 5.20. The van der Waals surface area contributed by atoms with E-state index in [2.05, 4.69) is 11.6 Å². The van der Waals surface area contributed by atoms with E-state index >= 15 is 0 Å². The van der Waals surface area contributed by atoms with Crippen molar-refractivity contribution in [2.75, 3.05) is 6.61 Å². The molecular formula is C14H15N2O2+. The van der Waals surface area contributed by atoms with Gasteiger partial charge in [0.1, 0.15) is 6.61 Å². The largest absolute Gasteiger partial charge is 0.475 e. The summed E-state index contributed by atoms with van der Waals surface area (Å²) in [6, 6.07) is 9.44. The lowest BCUT2D eigenvalue weighted by molar-refractivity contribution is 0.106. The number of benzene rings is 1. The van der Waals surface area contributed by atoms with Gasteiger partial charge in [-0.15, -0.1) is 0 Å². The highest BCUT2D eigenvalue weighted by Crippen LogP contribution is 2.11. The zero-order valence-electron chi connectivity index (χ0n) is 10.2. The van der Waals surface area contributed by atoms with Gasteiger partial charge < -0.3 is 9.84 Å². The maximum Gasteiger partial charge on any atom is 0.464 e. The quantitative estimate of drug-likeness (QED) is 0.369. The van der Waals surface area contributed by atoms with E-state index in [1.165, 1.54) is 6.08 Å². The van der Waals surface area contributed by atoms with Crippen molar-refractivity contribution < 1.29 is 9.84 Å². The van der Waals surface area contributed by atoms with E-state index in [1.54, 1.807) is 13.0 Å². The van der Waals surface area contributed by atoms with Crippen molar-refractivity contribution in [3.8, 4) is 0 Å². The SMILES string of the molecule is C=C(C)CO/C(O)=C(/C=C/c1ccccc1)[N+]#N. The van der Waals surface area contributed by atoms with Gasteiger partial charge in [0.05, 0.1) is 0 Å². The van der Waals surface area contributed by atoms with Gasteiger partial charge in [-0.25, -0.2) is 0 Å². The molecule has 0 saturated heterocycles. The average molecular weight is 243 g/mol. The summed E-state index contributed by atoms with van der Waals surface area (Å²) in [5.74, 6) is -0.437. The van der Waals surface area contributed by atoms with Gasteiger partial charge in [0.15, 0.2) is 4.98 Å². The first kappa shape index (κ1) is 13.5. The molecule has 0 fully saturated rings. The van der Waals surface area contributed by atoms with Crippen molar-refractivity contribution in [1.29, 1.82) is 5.39 Å². The van der Waals surface area contributed by atoms with Crippen LogP contribution in [-0.4, -0.2) is 11.7 Å². The van der Waals surface area contributed by atoms with E-state index in [0.29, 0.717) is 0 Å². The minimum atomic E-state index is -0.437. The molecule has 0 saturated carbocycles. The average Bonchev–Trinajstić information content (AvgIpc) is 2.38. The standard InChI is InChI=1S/C14H14N2O2/c1-11(2)10-18-14(17)13(16-15)9-8-12-6-4-3-5-7-12/h3-9H,1,10H2,2H3/p+1/b9-8+,14-13-. The highest BCUT2D eigenvalue weighted by molar-refractivity contribution is 5.53. The minimum Gasteiger partial charge on any atom is -0.475 e. The van der Waals surface area contributed by atoms with Crippen molar-refractivity contribution in [3.63, 3.8) is 0 Å². The zero-order valence-corrected chi connectivity index (χ0v) is 10.2. The number of rotatable bonds is 5. The fraction of sp³-hybridized carbons (Fsp3) is 0.143. The van der Waals surface area contributed by atoms with Crippen LogP contribution >= 0.6 is 0 Å². The molecule has 4 nitrogen and oxygen atoms in total. The molecule has 4 heteroatoms. The third kappa shape index (κ3) is 4.54. The van der Waals surface area contributed by atoms with Gasteiger partial charge in [0, 0.05) is 6.08 Å². The van der Waals surface area contributed by atoms with Crippen LogP contribution in [0.25, 0.3) is 11.1 Å². The molecule has 0 aliphatic rings. The number of aliphatic hydroxyl groups is 1. The molecule has 92 valence electrons. The van der Waals surface area contributed by atoms with Crippen LogP contribution in [0.15, 0.2) is 60.2 Å². The number of ether oxygens (including phenoxy) is 1. The lowest BCUT2D eigenvalue weighted by Crippen LogP contribution is -1.96. The molecule has 0 aromatic heterocycles. The number of hydrogen-bond acceptors (Lipinski definition) is 3. The Bertz CT molecular complexity index is 510. The van der Waals surface area contributed by atoms with E-state index in [0.717, 1.165) is 11.1 Å². The summed E-state index contributed by atoms with van der Waals surface area (Å²) in [6.07, 6.45) is 3.17. The first-order chi connectivity index (χ1) is 8.63. The summed E-state index contributed by atoms with van der Waals surface area (Å²) in [5.41, 5.74) is 1.64. The lowest BCUT2D eigenvalue weighted by Gasteiger charge is -2.00. The molecule has 0 heterocycles. The normalized spacial score (nSPS) is 11.8. The predicted molar refractivity (Wildman–Crippen MR) is 71.0 cm³/mol. The molecule has 18 heavy (non-hydrogen) atoms. The van der Waals surface area contributed by atoms with Crippen molar-refractivity contribution in [1.82, 2.24) is 0 Å². The van der Waals surface area contributed by atoms with Gasteiger partial charge in [-0.05, 0) is 24.1 Å². The Balaban J connectivity index is 2.78. The van der Waals surface area contributed by atoms with Crippen LogP contribution in [0.2, 0.25) is 0 Å². The molecule has 0 amide bonds. The third-order valence-corrected chi connectivity index (χ3v) is 2.02. The van der Waals surface area contributed by atoms with Crippen LogP contribution in [0, 0.1) is 5.39 Å². The number of aliphatic hydroxyl groups excluding tert-OH is 1. The number of diazo groups is 1. The van der Waals surface area contributed by atoms with E-state index < -0.39 is 5.95 Å². The summed E-state index contributed by atoms with van der Waals surface area (Å²) in [6.45, 7) is 5.57. The second-order valence-electron chi connectivity index (χ2n) is 3.78. The molecule has 0 atom stereocenters. The molecule has 0 aliphatic carbocycles. The highest BCUT2D eigenvalue weighted by atomic mass is 16.6. The minimum absolute atomic E-state index is 0.0416. The molecule has 1 N–H and O–H groups in total. The second-order valence-corrected chi connectivity index (χ2v) is 3.78. The van der Waals surface area contributed by atoms with Gasteiger partial charge in [-0.3, -0.25) is 0 Å². The van der Waals surface area contributed by atoms with Gasteiger partial charge in [0.2, 0.25) is 5.39 Å². The molecule has 1 aromatic rings. The van der Waals surface area contributed by atoms with Crippen LogP contribution < -0.4 is 0 Å². The Hall–Kier alpha value is -2.54. The first-order valence-corrected chi connectivity index (χ1v) is 5.42. The summed E-state index contributed by atoms with van der Waals surface area (Å²) in [4.78, 5) is 2.97. The fourth-order valence-corrected chi connectivity index (χ4v) is 1.15. The zero-order chi connectivity index (χ0) is 13.4. The summed E-state index contributed by atoms with van der Waals surface area (Å²) >= 11 is 0. The van der Waals surface area contributed by atoms with Gasteiger partial charge in [0.25, 0.3) is 0 Å². The van der Waals surface area contributed by atoms with Crippen LogP contribution in [0.5, 0.6) is 0 Å². The van der Waals surface area contributed by atoms with Gasteiger partial charge in [-0.1, -0.05) is 36.9 Å². The summed E-state index contributed by atoms with van der Waals surface area (Å²) < 4.78 is 4.98. The van der Waals surface area contributed by atoms with Gasteiger partial charge >= 0.3 is 11.6 Å². The maximum absolute atomic E-state index is 9.55. The molecular weight excluding hydrogens is 228 g/mol. The smallest absolute Gasteiger partial charge is 0.464 e. The molecule has 0 aliphatic heterocycles. The predicted octanol–water partition coefficient (Wildman–Crippen LogP) is 3.87. The van der Waals surface area contributed by atoms with E-state index in [-0.39, 0.29) is 12.3 Å². The Morgan fingerprint density at radius 3 is 2.67 bits per heavy atom. The van der Waals surface area contributed by atoms with Crippen molar-refractivity contribution >= 4 is 6.08 Å². The Morgan fingerprint density at radius 1 is 1.44 bits per heavy atom. The highest BCUT2D eigenvalue weighted by Gasteiger charge is 2.16. The third-order valence-electron chi connectivity index (χ3n) is 2.02. The molecule has 1 aromatic carbocycles. The monoisotopic (exact) mass is 243 g/mol. The van der Waals surface area contributed by atoms with E-state index in [4.69, 9.17) is 10.1 Å². The van der Waals surface area contributed by atoms with E-state index in [1.807, 2.05) is 30.3 Å². The number of nitrogens with zero attached hydrogens (tertiary/aromatic N) is 2. The second kappa shape index (κ2) is 6.92. The molecule has 1 rings (SSSR count). The number of hydrogen-bond donors (Lipinski definition) is 1. The van der Waals surface area contributed by atoms with Crippen molar-refractivity contribution in [2.24, 2.45) is 0 Å². The lowest BCUT2D eigenvalue weighted by atomic mass is 10.2. The summed E-state index contributed by atoms with van der Waals surface area (Å²) in [5, 5.41) is 18.3. The topological polar surface area (TPSA) is 57.6 Å². The van der Waals surface area contributed by atoms with Crippen LogP contribution in [-0.2, 0) is 4.74 Å². The molecule has 0 spiro atoms. The number of allylic oxidation sites excluding steroid dienone is 1. The Morgan fingerprint density at radius 2 is 2.11 bits per heavy atom. The van der Waals surface area contributed by atoms with Crippen LogP contribution in [0.1, 0.15) is 12.5 Å². The van der Waals surface area contributed by atoms with Crippen molar-refractivity contribution in [3.05, 3.63) is 70.7 Å². The van der Waals surface area contributed by atoms with Gasteiger partial charge in [-0.2, -0.15) is 0 Å². The molecule has 0 unspecified atom stereocenters. The van der Waals surface area contributed by atoms with Crippen LogP contribution in [0.3, 0.4) is 0 Å². The summed E-state index contributed by atoms with van der Waals surface area (Å²) in [7, 11) is 0. The van der Waals surface area contributed by atoms with E-state index in [9.17, 15) is 5.11 Å². The van der Waals surface area contributed by atoms with Crippen molar-refractivity contribution in [2.45, 2.75) is 6.92 Å². The fourth-order valence-electron chi connectivity index (χ4n) is 1.15.